The first-order valence-corrected chi connectivity index (χ1v) is 6.07. The van der Waals surface area contributed by atoms with Crippen molar-refractivity contribution in [1.82, 2.24) is 9.97 Å². The maximum absolute atomic E-state index is 12.1. The number of hydrogen-bond acceptors (Lipinski definition) is 4. The molecule has 2 rings (SSSR count). The zero-order valence-electron chi connectivity index (χ0n) is 10.6. The van der Waals surface area contributed by atoms with Gasteiger partial charge in [0, 0.05) is 12.6 Å². The number of aromatic nitrogens is 2. The van der Waals surface area contributed by atoms with Crippen molar-refractivity contribution in [1.29, 1.82) is 0 Å². The summed E-state index contributed by atoms with van der Waals surface area (Å²) in [4.78, 5) is 30.7. The van der Waals surface area contributed by atoms with Gasteiger partial charge >= 0.3 is 0 Å². The Morgan fingerprint density at radius 1 is 1.10 bits per heavy atom. The summed E-state index contributed by atoms with van der Waals surface area (Å²) in [5, 5.41) is 5.49. The zero-order valence-corrected chi connectivity index (χ0v) is 11.3. The van der Waals surface area contributed by atoms with Gasteiger partial charge in [-0.1, -0.05) is 11.6 Å². The van der Waals surface area contributed by atoms with Gasteiger partial charge in [0.05, 0.1) is 28.7 Å². The van der Waals surface area contributed by atoms with Gasteiger partial charge in [-0.15, -0.1) is 0 Å². The van der Waals surface area contributed by atoms with E-state index in [0.717, 1.165) is 0 Å². The van der Waals surface area contributed by atoms with Crippen molar-refractivity contribution in [2.24, 2.45) is 0 Å². The molecule has 0 saturated heterocycles. The lowest BCUT2D eigenvalue weighted by Gasteiger charge is -2.08. The van der Waals surface area contributed by atoms with Gasteiger partial charge in [0.1, 0.15) is 6.33 Å². The van der Waals surface area contributed by atoms with E-state index < -0.39 is 5.91 Å². The molecule has 1 aromatic heterocycles. The normalized spacial score (nSPS) is 9.90. The van der Waals surface area contributed by atoms with Gasteiger partial charge in [-0.3, -0.25) is 9.59 Å². The summed E-state index contributed by atoms with van der Waals surface area (Å²) in [6.45, 7) is 1.38. The molecule has 1 aromatic carbocycles. The fraction of sp³-hybridized carbons (Fsp3) is 0.0769. The summed E-state index contributed by atoms with van der Waals surface area (Å²) >= 11 is 5.99. The van der Waals surface area contributed by atoms with Gasteiger partial charge < -0.3 is 10.6 Å². The lowest BCUT2D eigenvalue weighted by atomic mass is 10.2. The molecule has 0 fully saturated rings. The van der Waals surface area contributed by atoms with E-state index in [9.17, 15) is 9.59 Å². The highest BCUT2D eigenvalue weighted by molar-refractivity contribution is 6.34. The van der Waals surface area contributed by atoms with Gasteiger partial charge in [0.15, 0.2) is 0 Å². The molecule has 0 unspecified atom stereocenters. The molecule has 0 spiro atoms. The van der Waals surface area contributed by atoms with Crippen LogP contribution in [0.5, 0.6) is 0 Å². The number of carbonyl (C=O) groups excluding carboxylic acids is 2. The van der Waals surface area contributed by atoms with E-state index in [1.54, 1.807) is 12.1 Å². The van der Waals surface area contributed by atoms with Crippen LogP contribution in [0.1, 0.15) is 17.3 Å². The predicted molar refractivity (Wildman–Crippen MR) is 75.7 cm³/mol. The molecule has 0 bridgehead atoms. The van der Waals surface area contributed by atoms with E-state index in [-0.39, 0.29) is 16.5 Å². The summed E-state index contributed by atoms with van der Waals surface area (Å²) in [5.41, 5.74) is 1.21. The molecule has 0 saturated carbocycles. The number of amides is 2. The van der Waals surface area contributed by atoms with Crippen LogP contribution in [0.15, 0.2) is 36.9 Å². The minimum atomic E-state index is -0.406. The Kier molecular flexibility index (Phi) is 4.27. The van der Waals surface area contributed by atoms with Gasteiger partial charge in [-0.2, -0.15) is 0 Å². The van der Waals surface area contributed by atoms with E-state index in [4.69, 9.17) is 11.6 Å². The molecule has 2 N–H and O–H groups in total. The van der Waals surface area contributed by atoms with Crippen molar-refractivity contribution in [2.45, 2.75) is 6.92 Å². The van der Waals surface area contributed by atoms with Gasteiger partial charge in [-0.25, -0.2) is 9.97 Å². The summed E-state index contributed by atoms with van der Waals surface area (Å²) in [5.74, 6) is -0.632. The van der Waals surface area contributed by atoms with Gasteiger partial charge in [-0.05, 0) is 18.2 Å². The third-order valence-corrected chi connectivity index (χ3v) is 2.68. The van der Waals surface area contributed by atoms with E-state index in [2.05, 4.69) is 20.6 Å². The number of hydrogen-bond donors (Lipinski definition) is 2. The lowest BCUT2D eigenvalue weighted by molar-refractivity contribution is -0.114. The van der Waals surface area contributed by atoms with Crippen molar-refractivity contribution in [3.63, 3.8) is 0 Å². The zero-order chi connectivity index (χ0) is 14.5. The number of anilines is 2. The number of benzene rings is 1. The third kappa shape index (κ3) is 3.52. The van der Waals surface area contributed by atoms with Crippen LogP contribution in [0, 0.1) is 0 Å². The maximum Gasteiger partial charge on any atom is 0.257 e. The van der Waals surface area contributed by atoms with Crippen LogP contribution in [0.3, 0.4) is 0 Å². The van der Waals surface area contributed by atoms with Crippen LogP contribution in [0.4, 0.5) is 11.4 Å². The van der Waals surface area contributed by atoms with Crippen LogP contribution in [-0.4, -0.2) is 21.8 Å². The molecule has 0 aliphatic carbocycles. The molecule has 0 radical (unpaired) electrons. The van der Waals surface area contributed by atoms with E-state index in [0.29, 0.717) is 11.4 Å². The monoisotopic (exact) mass is 290 g/mol. The summed E-state index contributed by atoms with van der Waals surface area (Å²) < 4.78 is 0. The first-order chi connectivity index (χ1) is 9.56. The highest BCUT2D eigenvalue weighted by Crippen LogP contribution is 2.21. The molecule has 0 atom stereocenters. The SMILES string of the molecule is CC(=O)Nc1ccc(Cl)c(C(=O)Nc2cncnc2)c1. The molecule has 0 aliphatic heterocycles. The smallest absolute Gasteiger partial charge is 0.257 e. The maximum atomic E-state index is 12.1. The minimum absolute atomic E-state index is 0.227. The van der Waals surface area contributed by atoms with Crippen LogP contribution in [0.2, 0.25) is 5.02 Å². The van der Waals surface area contributed by atoms with Crippen molar-refractivity contribution in [3.8, 4) is 0 Å². The molecule has 1 heterocycles. The van der Waals surface area contributed by atoms with Crippen LogP contribution < -0.4 is 10.6 Å². The van der Waals surface area contributed by atoms with Crippen LogP contribution in [0.25, 0.3) is 0 Å². The molecule has 20 heavy (non-hydrogen) atoms. The summed E-state index contributed by atoms with van der Waals surface area (Å²) in [6, 6.07) is 4.66. The van der Waals surface area contributed by atoms with Gasteiger partial charge in [0.2, 0.25) is 5.91 Å². The highest BCUT2D eigenvalue weighted by Gasteiger charge is 2.12. The second kappa shape index (κ2) is 6.12. The van der Waals surface area contributed by atoms with Crippen LogP contribution in [-0.2, 0) is 4.79 Å². The van der Waals surface area contributed by atoms with E-state index >= 15 is 0 Å². The minimum Gasteiger partial charge on any atom is -0.326 e. The third-order valence-electron chi connectivity index (χ3n) is 2.35. The Bertz CT molecular complexity index is 646. The Morgan fingerprint density at radius 3 is 2.45 bits per heavy atom. The van der Waals surface area contributed by atoms with E-state index in [1.165, 1.54) is 31.7 Å². The van der Waals surface area contributed by atoms with Crippen molar-refractivity contribution >= 4 is 34.8 Å². The number of rotatable bonds is 3. The number of carbonyl (C=O) groups is 2. The lowest BCUT2D eigenvalue weighted by Crippen LogP contribution is -2.14. The quantitative estimate of drug-likeness (QED) is 0.909. The molecule has 0 aliphatic rings. The average molecular weight is 291 g/mol. The number of nitrogens with one attached hydrogen (secondary N) is 2. The van der Waals surface area contributed by atoms with E-state index in [1.807, 2.05) is 0 Å². The van der Waals surface area contributed by atoms with Crippen LogP contribution >= 0.6 is 11.6 Å². The van der Waals surface area contributed by atoms with Crippen molar-refractivity contribution < 1.29 is 9.59 Å². The largest absolute Gasteiger partial charge is 0.326 e. The topological polar surface area (TPSA) is 84.0 Å². The Morgan fingerprint density at radius 2 is 1.80 bits per heavy atom. The molecular formula is C13H11ClN4O2. The predicted octanol–water partition coefficient (Wildman–Crippen LogP) is 2.34. The molecule has 7 heteroatoms. The second-order valence-electron chi connectivity index (χ2n) is 3.96. The number of halogens is 1. The summed E-state index contributed by atoms with van der Waals surface area (Å²) in [7, 11) is 0. The summed E-state index contributed by atoms with van der Waals surface area (Å²) in [6.07, 6.45) is 4.30. The molecule has 2 aromatic rings. The Labute approximate surface area is 120 Å². The van der Waals surface area contributed by atoms with Crippen molar-refractivity contribution in [2.75, 3.05) is 10.6 Å². The highest BCUT2D eigenvalue weighted by atomic mass is 35.5. The number of nitrogens with zero attached hydrogens (tertiary/aromatic N) is 2. The Balaban J connectivity index is 2.22. The standard InChI is InChI=1S/C13H11ClN4O2/c1-8(19)17-9-2-3-12(14)11(4-9)13(20)18-10-5-15-7-16-6-10/h2-7H,1H3,(H,17,19)(H,18,20). The fourth-order valence-corrected chi connectivity index (χ4v) is 1.75. The first-order valence-electron chi connectivity index (χ1n) is 5.70. The fourth-order valence-electron chi connectivity index (χ4n) is 1.54. The van der Waals surface area contributed by atoms with Crippen molar-refractivity contribution in [3.05, 3.63) is 47.5 Å². The first kappa shape index (κ1) is 14.0. The Hall–Kier alpha value is -2.47. The van der Waals surface area contributed by atoms with Gasteiger partial charge in [0.25, 0.3) is 5.91 Å². The molecular weight excluding hydrogens is 280 g/mol. The average Bonchev–Trinajstić information content (AvgIpc) is 2.41. The molecule has 2 amide bonds. The molecule has 102 valence electrons. The molecule has 6 nitrogen and oxygen atoms in total. The second-order valence-corrected chi connectivity index (χ2v) is 4.36.